The summed E-state index contributed by atoms with van der Waals surface area (Å²) < 4.78 is 0. The van der Waals surface area contributed by atoms with Gasteiger partial charge >= 0.3 is 6.03 Å². The van der Waals surface area contributed by atoms with E-state index in [0.717, 1.165) is 12.8 Å². The van der Waals surface area contributed by atoms with E-state index in [9.17, 15) is 4.79 Å². The number of nitrogens with one attached hydrogen (secondary N) is 2. The van der Waals surface area contributed by atoms with Gasteiger partial charge in [0.1, 0.15) is 0 Å². The monoisotopic (exact) mass is 185 g/mol. The molecule has 0 radical (unpaired) electrons. The number of rotatable bonds is 3. The number of carbonyl (C=O) groups is 1. The molecule has 1 fully saturated rings. The Balaban J connectivity index is 2.43. The summed E-state index contributed by atoms with van der Waals surface area (Å²) in [5, 5.41) is 5.69. The molecule has 4 N–H and O–H groups in total. The quantitative estimate of drug-likeness (QED) is 0.602. The van der Waals surface area contributed by atoms with E-state index < -0.39 is 0 Å². The number of carbonyl (C=O) groups excluding carboxylic acids is 1. The molecule has 0 aromatic carbocycles. The molecule has 0 aromatic heterocycles. The maximum absolute atomic E-state index is 11.3. The summed E-state index contributed by atoms with van der Waals surface area (Å²) in [4.78, 5) is 11.3. The van der Waals surface area contributed by atoms with E-state index >= 15 is 0 Å². The van der Waals surface area contributed by atoms with Crippen molar-refractivity contribution >= 4 is 6.03 Å². The molecule has 0 bridgehead atoms. The zero-order valence-corrected chi connectivity index (χ0v) is 8.23. The topological polar surface area (TPSA) is 67.2 Å². The van der Waals surface area contributed by atoms with E-state index in [1.165, 1.54) is 12.8 Å². The summed E-state index contributed by atoms with van der Waals surface area (Å²) >= 11 is 0. The molecule has 2 amide bonds. The lowest BCUT2D eigenvalue weighted by Crippen LogP contribution is -2.54. The first-order chi connectivity index (χ1) is 6.22. The fourth-order valence-corrected chi connectivity index (χ4v) is 1.88. The van der Waals surface area contributed by atoms with Crippen LogP contribution in [0, 0.1) is 0 Å². The smallest absolute Gasteiger partial charge is 0.315 e. The van der Waals surface area contributed by atoms with Crippen LogP contribution >= 0.6 is 0 Å². The minimum atomic E-state index is -0.126. The third kappa shape index (κ3) is 2.59. The second-order valence-electron chi connectivity index (χ2n) is 3.68. The van der Waals surface area contributed by atoms with Gasteiger partial charge in [-0.2, -0.15) is 0 Å². The van der Waals surface area contributed by atoms with E-state index in [4.69, 9.17) is 5.73 Å². The zero-order valence-electron chi connectivity index (χ0n) is 8.23. The van der Waals surface area contributed by atoms with Crippen molar-refractivity contribution in [3.63, 3.8) is 0 Å². The molecule has 0 aliphatic heterocycles. The van der Waals surface area contributed by atoms with Gasteiger partial charge in [0, 0.05) is 13.1 Å². The van der Waals surface area contributed by atoms with Gasteiger partial charge in [-0.25, -0.2) is 4.79 Å². The Kier molecular flexibility index (Phi) is 3.54. The standard InChI is InChI=1S/C9H19N3O/c1-2-11-8(13)12-9(7-10)5-3-4-6-9/h2-7,10H2,1H3,(H2,11,12,13). The predicted octanol–water partition coefficient (Wildman–Crippen LogP) is 0.577. The van der Waals surface area contributed by atoms with Gasteiger partial charge < -0.3 is 16.4 Å². The number of hydrogen-bond donors (Lipinski definition) is 3. The Morgan fingerprint density at radius 3 is 2.54 bits per heavy atom. The van der Waals surface area contributed by atoms with Crippen molar-refractivity contribution in [3.05, 3.63) is 0 Å². The summed E-state index contributed by atoms with van der Waals surface area (Å²) in [5.41, 5.74) is 5.55. The Labute approximate surface area is 79.3 Å². The summed E-state index contributed by atoms with van der Waals surface area (Å²) in [6, 6.07) is -0.0881. The van der Waals surface area contributed by atoms with Crippen LogP contribution in [0.1, 0.15) is 32.6 Å². The minimum Gasteiger partial charge on any atom is -0.338 e. The van der Waals surface area contributed by atoms with Crippen LogP contribution in [-0.4, -0.2) is 24.7 Å². The molecule has 13 heavy (non-hydrogen) atoms. The lowest BCUT2D eigenvalue weighted by molar-refractivity contribution is 0.226. The maximum Gasteiger partial charge on any atom is 0.315 e. The van der Waals surface area contributed by atoms with Crippen LogP contribution in [0.3, 0.4) is 0 Å². The average Bonchev–Trinajstić information content (AvgIpc) is 2.54. The first-order valence-electron chi connectivity index (χ1n) is 4.98. The molecule has 4 heteroatoms. The van der Waals surface area contributed by atoms with Crippen molar-refractivity contribution < 1.29 is 4.79 Å². The van der Waals surface area contributed by atoms with Crippen LogP contribution in [0.2, 0.25) is 0 Å². The Morgan fingerprint density at radius 1 is 1.46 bits per heavy atom. The van der Waals surface area contributed by atoms with E-state index in [1.807, 2.05) is 6.92 Å². The first kappa shape index (κ1) is 10.3. The van der Waals surface area contributed by atoms with Crippen LogP contribution in [-0.2, 0) is 0 Å². The SMILES string of the molecule is CCNC(=O)NC1(CN)CCCC1. The van der Waals surface area contributed by atoms with Crippen LogP contribution in [0.15, 0.2) is 0 Å². The molecule has 0 unspecified atom stereocenters. The van der Waals surface area contributed by atoms with Gasteiger partial charge in [0.15, 0.2) is 0 Å². The lowest BCUT2D eigenvalue weighted by atomic mass is 9.98. The molecule has 1 aliphatic carbocycles. The Bertz CT molecular complexity index is 176. The molecule has 0 heterocycles. The highest BCUT2D eigenvalue weighted by Gasteiger charge is 2.33. The van der Waals surface area contributed by atoms with Crippen LogP contribution in [0.25, 0.3) is 0 Å². The molecule has 0 aromatic rings. The first-order valence-corrected chi connectivity index (χ1v) is 4.98. The van der Waals surface area contributed by atoms with Crippen molar-refractivity contribution in [1.29, 1.82) is 0 Å². The van der Waals surface area contributed by atoms with Gasteiger partial charge in [-0.3, -0.25) is 0 Å². The number of hydrogen-bond acceptors (Lipinski definition) is 2. The number of amides is 2. The van der Waals surface area contributed by atoms with Gasteiger partial charge in [-0.05, 0) is 19.8 Å². The highest BCUT2D eigenvalue weighted by Crippen LogP contribution is 2.28. The molecule has 1 rings (SSSR count). The zero-order chi connectivity index (χ0) is 9.73. The Morgan fingerprint density at radius 2 is 2.08 bits per heavy atom. The average molecular weight is 185 g/mol. The molecule has 1 saturated carbocycles. The van der Waals surface area contributed by atoms with E-state index in [1.54, 1.807) is 0 Å². The van der Waals surface area contributed by atoms with Crippen molar-refractivity contribution in [2.75, 3.05) is 13.1 Å². The van der Waals surface area contributed by atoms with Gasteiger partial charge in [-0.1, -0.05) is 12.8 Å². The highest BCUT2D eigenvalue weighted by atomic mass is 16.2. The van der Waals surface area contributed by atoms with Gasteiger partial charge in [0.2, 0.25) is 0 Å². The minimum absolute atomic E-state index is 0.0881. The van der Waals surface area contributed by atoms with Gasteiger partial charge in [0.05, 0.1) is 5.54 Å². The van der Waals surface area contributed by atoms with Crippen LogP contribution in [0.5, 0.6) is 0 Å². The third-order valence-corrected chi connectivity index (χ3v) is 2.67. The predicted molar refractivity (Wildman–Crippen MR) is 52.5 cm³/mol. The molecule has 1 aliphatic rings. The van der Waals surface area contributed by atoms with Gasteiger partial charge in [0.25, 0.3) is 0 Å². The van der Waals surface area contributed by atoms with Crippen LogP contribution in [0.4, 0.5) is 4.79 Å². The maximum atomic E-state index is 11.3. The van der Waals surface area contributed by atoms with Crippen molar-refractivity contribution in [2.24, 2.45) is 5.73 Å². The molecule has 0 saturated heterocycles. The second kappa shape index (κ2) is 4.46. The van der Waals surface area contributed by atoms with Crippen molar-refractivity contribution in [1.82, 2.24) is 10.6 Å². The lowest BCUT2D eigenvalue weighted by Gasteiger charge is -2.28. The highest BCUT2D eigenvalue weighted by molar-refractivity contribution is 5.74. The molecule has 0 spiro atoms. The molecular formula is C9H19N3O. The summed E-state index contributed by atoms with van der Waals surface area (Å²) in [7, 11) is 0. The molecular weight excluding hydrogens is 166 g/mol. The fraction of sp³-hybridized carbons (Fsp3) is 0.889. The van der Waals surface area contributed by atoms with E-state index in [-0.39, 0.29) is 11.6 Å². The van der Waals surface area contributed by atoms with Crippen molar-refractivity contribution in [3.8, 4) is 0 Å². The largest absolute Gasteiger partial charge is 0.338 e. The van der Waals surface area contributed by atoms with Crippen molar-refractivity contribution in [2.45, 2.75) is 38.1 Å². The third-order valence-electron chi connectivity index (χ3n) is 2.67. The second-order valence-corrected chi connectivity index (χ2v) is 3.68. The summed E-state index contributed by atoms with van der Waals surface area (Å²) in [6.45, 7) is 3.11. The number of urea groups is 1. The Hall–Kier alpha value is -0.770. The fourth-order valence-electron chi connectivity index (χ4n) is 1.88. The number of nitrogens with two attached hydrogens (primary N) is 1. The van der Waals surface area contributed by atoms with Crippen LogP contribution < -0.4 is 16.4 Å². The summed E-state index contributed by atoms with van der Waals surface area (Å²) in [6.07, 6.45) is 4.37. The van der Waals surface area contributed by atoms with E-state index in [2.05, 4.69) is 10.6 Å². The van der Waals surface area contributed by atoms with Gasteiger partial charge in [-0.15, -0.1) is 0 Å². The normalized spacial score (nSPS) is 19.8. The molecule has 76 valence electrons. The molecule has 0 atom stereocenters. The van der Waals surface area contributed by atoms with E-state index in [0.29, 0.717) is 13.1 Å². The molecule has 4 nitrogen and oxygen atoms in total. The summed E-state index contributed by atoms with van der Waals surface area (Å²) in [5.74, 6) is 0.